The Hall–Kier alpha value is -0.830. The van der Waals surface area contributed by atoms with Gasteiger partial charge in [-0.25, -0.2) is 4.98 Å². The van der Waals surface area contributed by atoms with E-state index in [4.69, 9.17) is 5.73 Å². The molecule has 1 fully saturated rings. The van der Waals surface area contributed by atoms with Crippen LogP contribution in [-0.4, -0.2) is 16.1 Å². The summed E-state index contributed by atoms with van der Waals surface area (Å²) in [5, 5.41) is 0. The van der Waals surface area contributed by atoms with Crippen molar-refractivity contribution < 1.29 is 0 Å². The van der Waals surface area contributed by atoms with E-state index in [1.807, 2.05) is 6.20 Å². The van der Waals surface area contributed by atoms with Gasteiger partial charge < -0.3 is 10.3 Å². The van der Waals surface area contributed by atoms with Crippen LogP contribution in [0.5, 0.6) is 0 Å². The lowest BCUT2D eigenvalue weighted by molar-refractivity contribution is 0.341. The van der Waals surface area contributed by atoms with Gasteiger partial charge >= 0.3 is 0 Å². The molecule has 15 heavy (non-hydrogen) atoms. The third-order valence-electron chi connectivity index (χ3n) is 3.37. The first-order chi connectivity index (χ1) is 7.33. The summed E-state index contributed by atoms with van der Waals surface area (Å²) in [6.45, 7) is 2.85. The zero-order chi connectivity index (χ0) is 10.7. The fourth-order valence-electron chi connectivity index (χ4n) is 2.65. The van der Waals surface area contributed by atoms with Gasteiger partial charge in [0.15, 0.2) is 0 Å². The second-order valence-electron chi connectivity index (χ2n) is 4.52. The van der Waals surface area contributed by atoms with Crippen LogP contribution in [0.25, 0.3) is 0 Å². The summed E-state index contributed by atoms with van der Waals surface area (Å²) in [6, 6.07) is 0.683. The molecule has 84 valence electrons. The molecule has 1 aliphatic rings. The Kier molecular flexibility index (Phi) is 3.41. The van der Waals surface area contributed by atoms with Crippen LogP contribution in [0.3, 0.4) is 0 Å². The van der Waals surface area contributed by atoms with E-state index in [1.54, 1.807) is 0 Å². The molecular formula is C12H21N3. The smallest absolute Gasteiger partial charge is 0.110 e. The third-order valence-corrected chi connectivity index (χ3v) is 3.37. The molecule has 1 aromatic rings. The minimum Gasteiger partial charge on any atom is -0.330 e. The van der Waals surface area contributed by atoms with Crippen LogP contribution in [0.1, 0.15) is 49.7 Å². The predicted octanol–water partition coefficient (Wildman–Crippen LogP) is 2.20. The zero-order valence-corrected chi connectivity index (χ0v) is 9.58. The minimum atomic E-state index is 0.683. The Bertz CT molecular complexity index is 311. The molecule has 0 aliphatic heterocycles. The molecule has 0 unspecified atom stereocenters. The molecule has 1 heterocycles. The summed E-state index contributed by atoms with van der Waals surface area (Å²) < 4.78 is 2.42. The molecular weight excluding hydrogens is 186 g/mol. The lowest BCUT2D eigenvalue weighted by Gasteiger charge is -2.26. The second kappa shape index (κ2) is 4.79. The lowest BCUT2D eigenvalue weighted by Crippen LogP contribution is -2.18. The molecule has 0 bridgehead atoms. The van der Waals surface area contributed by atoms with Gasteiger partial charge in [-0.2, -0.15) is 0 Å². The van der Waals surface area contributed by atoms with Gasteiger partial charge in [-0.05, 0) is 26.3 Å². The summed E-state index contributed by atoms with van der Waals surface area (Å²) in [5.74, 6) is 1.18. The van der Waals surface area contributed by atoms with E-state index >= 15 is 0 Å². The first-order valence-electron chi connectivity index (χ1n) is 6.05. The highest BCUT2D eigenvalue weighted by Crippen LogP contribution is 2.30. The van der Waals surface area contributed by atoms with E-state index in [-0.39, 0.29) is 0 Å². The van der Waals surface area contributed by atoms with Crippen LogP contribution >= 0.6 is 0 Å². The van der Waals surface area contributed by atoms with Crippen molar-refractivity contribution in [3.8, 4) is 0 Å². The van der Waals surface area contributed by atoms with E-state index < -0.39 is 0 Å². The molecule has 0 saturated heterocycles. The van der Waals surface area contributed by atoms with Gasteiger partial charge in [0.05, 0.1) is 0 Å². The van der Waals surface area contributed by atoms with Gasteiger partial charge in [0.2, 0.25) is 0 Å². The number of nitrogens with two attached hydrogens (primary N) is 1. The SMILES string of the molecule is Cc1cnc(CCN)n1C1CCCCC1. The highest BCUT2D eigenvalue weighted by Gasteiger charge is 2.19. The van der Waals surface area contributed by atoms with Crippen molar-refractivity contribution in [1.82, 2.24) is 9.55 Å². The Morgan fingerprint density at radius 3 is 2.80 bits per heavy atom. The predicted molar refractivity (Wildman–Crippen MR) is 61.8 cm³/mol. The maximum Gasteiger partial charge on any atom is 0.110 e. The number of hydrogen-bond donors (Lipinski definition) is 1. The summed E-state index contributed by atoms with van der Waals surface area (Å²) in [6.07, 6.45) is 9.65. The Balaban J connectivity index is 2.19. The Labute approximate surface area is 91.7 Å². The van der Waals surface area contributed by atoms with E-state index in [0.717, 1.165) is 6.42 Å². The fourth-order valence-corrected chi connectivity index (χ4v) is 2.65. The molecule has 1 aromatic heterocycles. The molecule has 3 nitrogen and oxygen atoms in total. The number of rotatable bonds is 3. The number of imidazole rings is 1. The van der Waals surface area contributed by atoms with Crippen LogP contribution < -0.4 is 5.73 Å². The molecule has 0 atom stereocenters. The van der Waals surface area contributed by atoms with Crippen molar-refractivity contribution in [3.05, 3.63) is 17.7 Å². The van der Waals surface area contributed by atoms with Crippen molar-refractivity contribution in [1.29, 1.82) is 0 Å². The van der Waals surface area contributed by atoms with E-state index in [9.17, 15) is 0 Å². The second-order valence-corrected chi connectivity index (χ2v) is 4.52. The van der Waals surface area contributed by atoms with Gasteiger partial charge in [0.1, 0.15) is 5.82 Å². The van der Waals surface area contributed by atoms with Crippen molar-refractivity contribution in [2.45, 2.75) is 51.5 Å². The van der Waals surface area contributed by atoms with Crippen LogP contribution in [0, 0.1) is 6.92 Å². The van der Waals surface area contributed by atoms with Crippen molar-refractivity contribution in [2.75, 3.05) is 6.54 Å². The Morgan fingerprint density at radius 1 is 1.40 bits per heavy atom. The molecule has 0 amide bonds. The van der Waals surface area contributed by atoms with Gasteiger partial charge in [-0.1, -0.05) is 19.3 Å². The van der Waals surface area contributed by atoms with Crippen LogP contribution in [-0.2, 0) is 6.42 Å². The van der Waals surface area contributed by atoms with Gasteiger partial charge in [-0.15, -0.1) is 0 Å². The molecule has 2 rings (SSSR count). The van der Waals surface area contributed by atoms with E-state index in [0.29, 0.717) is 12.6 Å². The van der Waals surface area contributed by atoms with E-state index in [2.05, 4.69) is 16.5 Å². The highest BCUT2D eigenvalue weighted by molar-refractivity contribution is 5.06. The Morgan fingerprint density at radius 2 is 2.13 bits per heavy atom. The minimum absolute atomic E-state index is 0.683. The number of aryl methyl sites for hydroxylation is 1. The maximum absolute atomic E-state index is 5.61. The quantitative estimate of drug-likeness (QED) is 0.825. The molecule has 1 saturated carbocycles. The molecule has 1 aliphatic carbocycles. The van der Waals surface area contributed by atoms with Gasteiger partial charge in [0.25, 0.3) is 0 Å². The summed E-state index contributed by atoms with van der Waals surface area (Å²) in [4.78, 5) is 4.46. The average molecular weight is 207 g/mol. The number of nitrogens with zero attached hydrogens (tertiary/aromatic N) is 2. The average Bonchev–Trinajstić information content (AvgIpc) is 2.62. The highest BCUT2D eigenvalue weighted by atomic mass is 15.1. The van der Waals surface area contributed by atoms with Crippen LogP contribution in [0.4, 0.5) is 0 Å². The topological polar surface area (TPSA) is 43.8 Å². The number of hydrogen-bond acceptors (Lipinski definition) is 2. The van der Waals surface area contributed by atoms with Crippen molar-refractivity contribution >= 4 is 0 Å². The van der Waals surface area contributed by atoms with Crippen LogP contribution in [0.15, 0.2) is 6.20 Å². The first-order valence-corrected chi connectivity index (χ1v) is 6.05. The lowest BCUT2D eigenvalue weighted by atomic mass is 9.95. The van der Waals surface area contributed by atoms with E-state index in [1.165, 1.54) is 43.6 Å². The molecule has 0 radical (unpaired) electrons. The summed E-state index contributed by atoms with van der Waals surface area (Å²) in [7, 11) is 0. The summed E-state index contributed by atoms with van der Waals surface area (Å²) >= 11 is 0. The molecule has 0 spiro atoms. The van der Waals surface area contributed by atoms with Crippen LogP contribution in [0.2, 0.25) is 0 Å². The largest absolute Gasteiger partial charge is 0.330 e. The standard InChI is InChI=1S/C12H21N3/c1-10-9-14-12(7-8-13)15(10)11-5-3-2-4-6-11/h9,11H,2-8,13H2,1H3. The van der Waals surface area contributed by atoms with Gasteiger partial charge in [0, 0.05) is 24.4 Å². The fraction of sp³-hybridized carbons (Fsp3) is 0.750. The van der Waals surface area contributed by atoms with Crippen molar-refractivity contribution in [2.24, 2.45) is 5.73 Å². The summed E-state index contributed by atoms with van der Waals surface area (Å²) in [5.41, 5.74) is 6.91. The molecule has 2 N–H and O–H groups in total. The molecule has 3 heteroatoms. The maximum atomic E-state index is 5.61. The molecule has 0 aromatic carbocycles. The zero-order valence-electron chi connectivity index (χ0n) is 9.58. The third kappa shape index (κ3) is 2.23. The first kappa shape index (κ1) is 10.7. The van der Waals surface area contributed by atoms with Crippen molar-refractivity contribution in [3.63, 3.8) is 0 Å². The monoisotopic (exact) mass is 207 g/mol. The van der Waals surface area contributed by atoms with Gasteiger partial charge in [-0.3, -0.25) is 0 Å². The normalized spacial score (nSPS) is 18.3. The number of aromatic nitrogens is 2.